The van der Waals surface area contributed by atoms with Crippen LogP contribution in [0.5, 0.6) is 0 Å². The van der Waals surface area contributed by atoms with E-state index in [1.807, 2.05) is 5.01 Å². The fourth-order valence-corrected chi connectivity index (χ4v) is 3.50. The van der Waals surface area contributed by atoms with Crippen LogP contribution in [0.4, 0.5) is 4.39 Å². The van der Waals surface area contributed by atoms with Gasteiger partial charge >= 0.3 is 0 Å². The van der Waals surface area contributed by atoms with Gasteiger partial charge < -0.3 is 4.90 Å². The highest BCUT2D eigenvalue weighted by molar-refractivity contribution is 5.62. The molecule has 1 atom stereocenters. The summed E-state index contributed by atoms with van der Waals surface area (Å²) >= 11 is 0. The molecule has 4 nitrogen and oxygen atoms in total. The van der Waals surface area contributed by atoms with Gasteiger partial charge in [-0.05, 0) is 50.9 Å². The molecule has 0 amide bonds. The van der Waals surface area contributed by atoms with Crippen LogP contribution in [-0.2, 0) is 0 Å². The summed E-state index contributed by atoms with van der Waals surface area (Å²) in [6.45, 7) is 10.2. The topological polar surface area (TPSA) is 31.2 Å². The monoisotopic (exact) mass is 302 g/mol. The van der Waals surface area contributed by atoms with Gasteiger partial charge in [-0.1, -0.05) is 23.9 Å². The second-order valence-corrected chi connectivity index (χ2v) is 6.08. The van der Waals surface area contributed by atoms with Gasteiger partial charge in [0.25, 0.3) is 0 Å². The molecule has 0 radical (unpaired) electrons. The highest BCUT2D eigenvalue weighted by Crippen LogP contribution is 2.31. The molecule has 0 spiro atoms. The number of benzene rings is 1. The molecule has 3 saturated heterocycles. The first-order valence-electron chi connectivity index (χ1n) is 8.03. The van der Waals surface area contributed by atoms with E-state index in [-0.39, 0.29) is 5.82 Å². The quantitative estimate of drug-likeness (QED) is 0.615. The molecule has 0 aromatic heterocycles. The van der Waals surface area contributed by atoms with Crippen LogP contribution >= 0.6 is 0 Å². The van der Waals surface area contributed by atoms with E-state index >= 15 is 0 Å². The van der Waals surface area contributed by atoms with Gasteiger partial charge in [-0.15, -0.1) is 5.11 Å². The minimum Gasteiger partial charge on any atom is -0.301 e. The van der Waals surface area contributed by atoms with Crippen LogP contribution in [0.2, 0.25) is 0 Å². The van der Waals surface area contributed by atoms with Crippen LogP contribution in [0.1, 0.15) is 25.3 Å². The van der Waals surface area contributed by atoms with Crippen LogP contribution in [0.3, 0.4) is 0 Å². The minimum absolute atomic E-state index is 0.308. The molecule has 118 valence electrons. The van der Waals surface area contributed by atoms with Crippen molar-refractivity contribution in [3.63, 3.8) is 0 Å². The van der Waals surface area contributed by atoms with Gasteiger partial charge in [0.05, 0.1) is 11.7 Å². The Balaban J connectivity index is 1.70. The Morgan fingerprint density at radius 1 is 1.36 bits per heavy atom. The van der Waals surface area contributed by atoms with E-state index in [0.717, 1.165) is 13.1 Å². The number of nitrogens with zero attached hydrogens (tertiary/aromatic N) is 4. The molecule has 0 N–H and O–H groups in total. The van der Waals surface area contributed by atoms with Gasteiger partial charge in [-0.3, -0.25) is 5.01 Å². The highest BCUT2D eigenvalue weighted by Gasteiger charge is 2.37. The summed E-state index contributed by atoms with van der Waals surface area (Å²) in [5.74, 6) is 0.392. The van der Waals surface area contributed by atoms with Crippen molar-refractivity contribution in [2.75, 3.05) is 26.2 Å². The summed E-state index contributed by atoms with van der Waals surface area (Å²) in [4.78, 5) is 2.49. The molecule has 4 rings (SSSR count). The molecule has 3 heterocycles. The maximum Gasteiger partial charge on any atom is 0.132 e. The SMILES string of the molecule is C=C(N=NN(CC)C1CN2CCC1CC2)c1ccccc1F. The number of hydrogen-bond donors (Lipinski definition) is 0. The molecule has 0 saturated carbocycles. The molecule has 2 bridgehead atoms. The molecule has 3 aliphatic heterocycles. The molecule has 1 unspecified atom stereocenters. The Hall–Kier alpha value is -1.75. The van der Waals surface area contributed by atoms with Crippen LogP contribution < -0.4 is 0 Å². The number of fused-ring (bicyclic) bond motifs is 3. The number of likely N-dealkylation sites (N-methyl/N-ethyl adjacent to an activating group) is 1. The third-order valence-corrected chi connectivity index (χ3v) is 4.79. The van der Waals surface area contributed by atoms with E-state index in [2.05, 4.69) is 28.7 Å². The largest absolute Gasteiger partial charge is 0.301 e. The summed E-state index contributed by atoms with van der Waals surface area (Å²) < 4.78 is 13.7. The van der Waals surface area contributed by atoms with Crippen LogP contribution in [-0.4, -0.2) is 42.1 Å². The van der Waals surface area contributed by atoms with Crippen LogP contribution in [0.25, 0.3) is 5.70 Å². The first-order valence-corrected chi connectivity index (χ1v) is 8.03. The van der Waals surface area contributed by atoms with Crippen molar-refractivity contribution < 1.29 is 4.39 Å². The zero-order valence-electron chi connectivity index (χ0n) is 13.1. The van der Waals surface area contributed by atoms with Gasteiger partial charge in [-0.2, -0.15) is 0 Å². The maximum absolute atomic E-state index is 13.7. The van der Waals surface area contributed by atoms with E-state index in [4.69, 9.17) is 0 Å². The lowest BCUT2D eigenvalue weighted by atomic mass is 9.84. The van der Waals surface area contributed by atoms with Crippen molar-refractivity contribution >= 4 is 5.70 Å². The third-order valence-electron chi connectivity index (χ3n) is 4.79. The first kappa shape index (κ1) is 15.2. The number of rotatable bonds is 5. The zero-order chi connectivity index (χ0) is 15.5. The summed E-state index contributed by atoms with van der Waals surface area (Å²) in [6, 6.07) is 6.96. The van der Waals surface area contributed by atoms with Gasteiger partial charge in [-0.25, -0.2) is 4.39 Å². The summed E-state index contributed by atoms with van der Waals surface area (Å²) in [7, 11) is 0. The standard InChI is InChI=1S/C17H23FN4/c1-3-22(17-12-21-10-8-14(17)9-11-21)20-19-13(2)15-6-4-5-7-16(15)18/h4-7,14,17H,2-3,8-12H2,1H3. The molecular weight excluding hydrogens is 279 g/mol. The fraction of sp³-hybridized carbons (Fsp3) is 0.529. The smallest absolute Gasteiger partial charge is 0.132 e. The van der Waals surface area contributed by atoms with Gasteiger partial charge in [0, 0.05) is 18.7 Å². The number of hydrogen-bond acceptors (Lipinski definition) is 3. The summed E-state index contributed by atoms with van der Waals surface area (Å²) in [6.07, 6.45) is 2.48. The average molecular weight is 302 g/mol. The second kappa shape index (κ2) is 6.57. The van der Waals surface area contributed by atoms with E-state index < -0.39 is 0 Å². The minimum atomic E-state index is -0.308. The van der Waals surface area contributed by atoms with Crippen molar-refractivity contribution in [2.24, 2.45) is 16.3 Å². The molecule has 0 aliphatic carbocycles. The lowest BCUT2D eigenvalue weighted by molar-refractivity contribution is 0.00494. The van der Waals surface area contributed by atoms with Gasteiger partial charge in [0.2, 0.25) is 0 Å². The third kappa shape index (κ3) is 3.04. The maximum atomic E-state index is 13.7. The summed E-state index contributed by atoms with van der Waals surface area (Å²) in [5, 5.41) is 10.6. The van der Waals surface area contributed by atoms with Crippen molar-refractivity contribution in [1.29, 1.82) is 0 Å². The van der Waals surface area contributed by atoms with Crippen LogP contribution in [0.15, 0.2) is 41.2 Å². The lowest BCUT2D eigenvalue weighted by Crippen LogP contribution is -2.56. The average Bonchev–Trinajstić information content (AvgIpc) is 2.57. The van der Waals surface area contributed by atoms with Crippen molar-refractivity contribution in [2.45, 2.75) is 25.8 Å². The van der Waals surface area contributed by atoms with Gasteiger partial charge in [0.15, 0.2) is 0 Å². The molecule has 22 heavy (non-hydrogen) atoms. The van der Waals surface area contributed by atoms with Crippen LogP contribution in [0, 0.1) is 11.7 Å². The predicted molar refractivity (Wildman–Crippen MR) is 85.6 cm³/mol. The van der Waals surface area contributed by atoms with Crippen molar-refractivity contribution in [1.82, 2.24) is 9.91 Å². The molecule has 3 aliphatic rings. The highest BCUT2D eigenvalue weighted by atomic mass is 19.1. The number of halogens is 1. The molecule has 1 aromatic carbocycles. The first-order chi connectivity index (χ1) is 10.7. The normalized spacial score (nSPS) is 27.3. The zero-order valence-corrected chi connectivity index (χ0v) is 13.1. The van der Waals surface area contributed by atoms with Gasteiger partial charge in [0.1, 0.15) is 5.82 Å². The molecular formula is C17H23FN4. The van der Waals surface area contributed by atoms with Crippen molar-refractivity contribution in [3.8, 4) is 0 Å². The lowest BCUT2D eigenvalue weighted by Gasteiger charge is -2.47. The van der Waals surface area contributed by atoms with E-state index in [0.29, 0.717) is 23.2 Å². The fourth-order valence-electron chi connectivity index (χ4n) is 3.50. The molecule has 5 heteroatoms. The summed E-state index contributed by atoms with van der Waals surface area (Å²) in [5.41, 5.74) is 0.786. The Kier molecular flexibility index (Phi) is 4.52. The Morgan fingerprint density at radius 3 is 2.68 bits per heavy atom. The Labute approximate surface area is 131 Å². The molecule has 3 fully saturated rings. The predicted octanol–water partition coefficient (Wildman–Crippen LogP) is 3.58. The van der Waals surface area contributed by atoms with E-state index in [1.54, 1.807) is 18.2 Å². The van der Waals surface area contributed by atoms with E-state index in [1.165, 1.54) is 32.0 Å². The molecule has 1 aromatic rings. The number of piperidine rings is 3. The van der Waals surface area contributed by atoms with E-state index in [9.17, 15) is 4.39 Å². The van der Waals surface area contributed by atoms with Crippen molar-refractivity contribution in [3.05, 3.63) is 42.2 Å². The Morgan fingerprint density at radius 2 is 2.09 bits per heavy atom. The second-order valence-electron chi connectivity index (χ2n) is 6.08. The Bertz CT molecular complexity index is 564.